The lowest BCUT2D eigenvalue weighted by atomic mass is 10.1. The highest BCUT2D eigenvalue weighted by Gasteiger charge is 2.05. The molecule has 2 heterocycles. The number of aromatic hydroxyl groups is 1. The molecule has 5 nitrogen and oxygen atoms in total. The Morgan fingerprint density at radius 1 is 1.12 bits per heavy atom. The minimum atomic E-state index is 0.249. The first-order valence-corrected chi connectivity index (χ1v) is 4.81. The Kier molecular flexibility index (Phi) is 1.83. The van der Waals surface area contributed by atoms with Crippen LogP contribution in [0.2, 0.25) is 0 Å². The first kappa shape index (κ1) is 8.84. The summed E-state index contributed by atoms with van der Waals surface area (Å²) < 4.78 is 1.57. The smallest absolute Gasteiger partial charge is 0.179 e. The van der Waals surface area contributed by atoms with E-state index in [1.54, 1.807) is 22.8 Å². The maximum absolute atomic E-state index is 9.73. The molecule has 1 N–H and O–H groups in total. The second-order valence-electron chi connectivity index (χ2n) is 3.41. The summed E-state index contributed by atoms with van der Waals surface area (Å²) in [6.45, 7) is 0. The molecule has 1 aromatic carbocycles. The van der Waals surface area contributed by atoms with Crippen LogP contribution in [0.4, 0.5) is 0 Å². The fourth-order valence-electron chi connectivity index (χ4n) is 1.63. The molecule has 0 spiro atoms. The third kappa shape index (κ3) is 1.30. The van der Waals surface area contributed by atoms with Gasteiger partial charge in [0.25, 0.3) is 0 Å². The number of phenolic OH excluding ortho intramolecular Hbond substituents is 1. The monoisotopic (exact) mass is 212 g/mol. The van der Waals surface area contributed by atoms with Crippen LogP contribution in [0.3, 0.4) is 0 Å². The maximum atomic E-state index is 9.73. The summed E-state index contributed by atoms with van der Waals surface area (Å²) in [7, 11) is 0. The van der Waals surface area contributed by atoms with Gasteiger partial charge in [-0.15, -0.1) is 5.10 Å². The van der Waals surface area contributed by atoms with Crippen LogP contribution in [0.25, 0.3) is 16.8 Å². The number of aromatic nitrogens is 4. The number of fused-ring (bicyclic) bond motifs is 1. The Labute approximate surface area is 91.0 Å². The molecule has 16 heavy (non-hydrogen) atoms. The van der Waals surface area contributed by atoms with Crippen molar-refractivity contribution in [2.24, 2.45) is 0 Å². The van der Waals surface area contributed by atoms with E-state index in [0.29, 0.717) is 5.65 Å². The van der Waals surface area contributed by atoms with Crippen molar-refractivity contribution in [1.82, 2.24) is 20.0 Å². The first-order chi connectivity index (χ1) is 7.84. The quantitative estimate of drug-likeness (QED) is 0.663. The summed E-state index contributed by atoms with van der Waals surface area (Å²) in [5, 5.41) is 20.9. The number of tetrazole rings is 1. The van der Waals surface area contributed by atoms with Crippen LogP contribution in [-0.2, 0) is 0 Å². The molecule has 0 bridgehead atoms. The van der Waals surface area contributed by atoms with Gasteiger partial charge in [-0.25, -0.2) is 4.52 Å². The normalized spacial score (nSPS) is 10.8. The summed E-state index contributed by atoms with van der Waals surface area (Å²) in [6, 6.07) is 10.9. The third-order valence-electron chi connectivity index (χ3n) is 2.41. The number of hydrogen-bond donors (Lipinski definition) is 1. The zero-order valence-electron chi connectivity index (χ0n) is 8.28. The Hall–Kier alpha value is -2.43. The van der Waals surface area contributed by atoms with Crippen LogP contribution in [0.1, 0.15) is 0 Å². The molecule has 0 aliphatic rings. The molecular weight excluding hydrogens is 204 g/mol. The van der Waals surface area contributed by atoms with Crippen molar-refractivity contribution in [3.8, 4) is 16.9 Å². The summed E-state index contributed by atoms with van der Waals surface area (Å²) in [4.78, 5) is 0. The predicted octanol–water partition coefficient (Wildman–Crippen LogP) is 1.50. The van der Waals surface area contributed by atoms with E-state index in [4.69, 9.17) is 0 Å². The minimum Gasteiger partial charge on any atom is -0.507 e. The van der Waals surface area contributed by atoms with Crippen LogP contribution < -0.4 is 0 Å². The van der Waals surface area contributed by atoms with Gasteiger partial charge in [-0.2, -0.15) is 0 Å². The fraction of sp³-hybridized carbons (Fsp3) is 0. The van der Waals surface area contributed by atoms with Gasteiger partial charge in [0, 0.05) is 11.8 Å². The zero-order chi connectivity index (χ0) is 11.0. The summed E-state index contributed by atoms with van der Waals surface area (Å²) in [6.07, 6.45) is 1.76. The number of hydrogen-bond acceptors (Lipinski definition) is 4. The van der Waals surface area contributed by atoms with Gasteiger partial charge in [-0.05, 0) is 34.2 Å². The Morgan fingerprint density at radius 2 is 2.00 bits per heavy atom. The highest BCUT2D eigenvalue weighted by Crippen LogP contribution is 2.28. The van der Waals surface area contributed by atoms with Gasteiger partial charge < -0.3 is 5.11 Å². The van der Waals surface area contributed by atoms with E-state index >= 15 is 0 Å². The lowest BCUT2D eigenvalue weighted by molar-refractivity contribution is 0.477. The lowest BCUT2D eigenvalue weighted by Crippen LogP contribution is -1.87. The Morgan fingerprint density at radius 3 is 2.88 bits per heavy atom. The van der Waals surface area contributed by atoms with Crippen LogP contribution in [0, 0.1) is 0 Å². The molecule has 0 atom stereocenters. The molecule has 0 unspecified atom stereocenters. The lowest BCUT2D eigenvalue weighted by Gasteiger charge is -2.03. The minimum absolute atomic E-state index is 0.249. The molecule has 0 aliphatic carbocycles. The number of benzene rings is 1. The molecular formula is C11H8N4O. The molecule has 3 rings (SSSR count). The van der Waals surface area contributed by atoms with E-state index in [0.717, 1.165) is 11.1 Å². The number of para-hydroxylation sites is 1. The van der Waals surface area contributed by atoms with Gasteiger partial charge in [0.1, 0.15) is 5.75 Å². The molecule has 2 aromatic heterocycles. The van der Waals surface area contributed by atoms with Crippen molar-refractivity contribution < 1.29 is 5.11 Å². The zero-order valence-corrected chi connectivity index (χ0v) is 8.28. The molecule has 0 aliphatic heterocycles. The number of pyridine rings is 1. The summed E-state index contributed by atoms with van der Waals surface area (Å²) >= 11 is 0. The van der Waals surface area contributed by atoms with Gasteiger partial charge in [-0.3, -0.25) is 0 Å². The molecule has 78 valence electrons. The largest absolute Gasteiger partial charge is 0.507 e. The Balaban J connectivity index is 2.22. The van der Waals surface area contributed by atoms with Crippen molar-refractivity contribution in [2.45, 2.75) is 0 Å². The fourth-order valence-corrected chi connectivity index (χ4v) is 1.63. The molecule has 0 radical (unpaired) electrons. The number of rotatable bonds is 1. The molecule has 0 amide bonds. The van der Waals surface area contributed by atoms with Gasteiger partial charge in [-0.1, -0.05) is 18.2 Å². The topological polar surface area (TPSA) is 63.3 Å². The van der Waals surface area contributed by atoms with Crippen LogP contribution in [0.5, 0.6) is 5.75 Å². The van der Waals surface area contributed by atoms with Gasteiger partial charge in [0.2, 0.25) is 0 Å². The predicted molar refractivity (Wildman–Crippen MR) is 57.9 cm³/mol. The van der Waals surface area contributed by atoms with Crippen molar-refractivity contribution in [3.63, 3.8) is 0 Å². The summed E-state index contributed by atoms with van der Waals surface area (Å²) in [5.41, 5.74) is 2.31. The number of nitrogens with zero attached hydrogens (tertiary/aromatic N) is 4. The average Bonchev–Trinajstić information content (AvgIpc) is 2.76. The van der Waals surface area contributed by atoms with E-state index < -0.39 is 0 Å². The molecule has 3 aromatic rings. The van der Waals surface area contributed by atoms with Crippen molar-refractivity contribution in [2.75, 3.05) is 0 Å². The molecule has 0 saturated heterocycles. The SMILES string of the molecule is Oc1ccccc1-c1ccn2nnnc2c1. The van der Waals surface area contributed by atoms with E-state index in [1.807, 2.05) is 24.3 Å². The molecule has 5 heteroatoms. The second kappa shape index (κ2) is 3.30. The van der Waals surface area contributed by atoms with Crippen molar-refractivity contribution in [3.05, 3.63) is 42.6 Å². The highest BCUT2D eigenvalue weighted by atomic mass is 16.3. The molecule has 0 fully saturated rings. The average molecular weight is 212 g/mol. The van der Waals surface area contributed by atoms with Crippen LogP contribution in [-0.4, -0.2) is 25.1 Å². The van der Waals surface area contributed by atoms with Gasteiger partial charge in [0.05, 0.1) is 0 Å². The third-order valence-corrected chi connectivity index (χ3v) is 2.41. The summed E-state index contributed by atoms with van der Waals surface area (Å²) in [5.74, 6) is 0.249. The standard InChI is InChI=1S/C11H8N4O/c16-10-4-2-1-3-9(10)8-5-6-15-11(7-8)12-13-14-15/h1-7,16H. The van der Waals surface area contributed by atoms with Crippen LogP contribution in [0.15, 0.2) is 42.6 Å². The van der Waals surface area contributed by atoms with Crippen LogP contribution >= 0.6 is 0 Å². The molecule has 0 saturated carbocycles. The Bertz CT molecular complexity index is 647. The number of phenols is 1. The van der Waals surface area contributed by atoms with E-state index in [2.05, 4.69) is 15.5 Å². The van der Waals surface area contributed by atoms with E-state index in [9.17, 15) is 5.11 Å². The maximum Gasteiger partial charge on any atom is 0.179 e. The first-order valence-electron chi connectivity index (χ1n) is 4.81. The van der Waals surface area contributed by atoms with Gasteiger partial charge >= 0.3 is 0 Å². The van der Waals surface area contributed by atoms with Gasteiger partial charge in [0.15, 0.2) is 5.65 Å². The highest BCUT2D eigenvalue weighted by molar-refractivity contribution is 5.72. The van der Waals surface area contributed by atoms with E-state index in [-0.39, 0.29) is 5.75 Å². The van der Waals surface area contributed by atoms with Crippen molar-refractivity contribution >= 4 is 5.65 Å². The van der Waals surface area contributed by atoms with E-state index in [1.165, 1.54) is 0 Å². The van der Waals surface area contributed by atoms with Crippen molar-refractivity contribution in [1.29, 1.82) is 0 Å². The second-order valence-corrected chi connectivity index (χ2v) is 3.41.